The molecule has 1 atom stereocenters. The first-order valence-corrected chi connectivity index (χ1v) is 7.24. The van der Waals surface area contributed by atoms with Crippen molar-refractivity contribution in [2.75, 3.05) is 13.2 Å². The van der Waals surface area contributed by atoms with Crippen LogP contribution in [0.15, 0.2) is 12.1 Å². The zero-order valence-electron chi connectivity index (χ0n) is 10.7. The van der Waals surface area contributed by atoms with Crippen LogP contribution in [-0.2, 0) is 6.42 Å². The van der Waals surface area contributed by atoms with Crippen molar-refractivity contribution in [3.05, 3.63) is 27.8 Å². The summed E-state index contributed by atoms with van der Waals surface area (Å²) in [5.41, 5.74) is 0.786. The Morgan fingerprint density at radius 3 is 2.58 bits per heavy atom. The number of ether oxygens (including phenoxy) is 2. The number of rotatable bonds is 5. The van der Waals surface area contributed by atoms with Gasteiger partial charge in [0, 0.05) is 10.4 Å². The van der Waals surface area contributed by atoms with Gasteiger partial charge >= 0.3 is 0 Å². The van der Waals surface area contributed by atoms with Crippen LogP contribution in [0.25, 0.3) is 0 Å². The number of nitro benzene ring substituents is 1. The van der Waals surface area contributed by atoms with E-state index in [0.29, 0.717) is 36.7 Å². The van der Waals surface area contributed by atoms with Crippen molar-refractivity contribution >= 4 is 21.6 Å². The first-order chi connectivity index (χ1) is 9.11. The van der Waals surface area contributed by atoms with Crippen molar-refractivity contribution in [2.24, 2.45) is 0 Å². The fourth-order valence-electron chi connectivity index (χ4n) is 2.11. The molecule has 0 spiro atoms. The van der Waals surface area contributed by atoms with Crippen LogP contribution in [0.4, 0.5) is 5.69 Å². The zero-order chi connectivity index (χ0) is 13.8. The maximum Gasteiger partial charge on any atom is 0.276 e. The van der Waals surface area contributed by atoms with E-state index in [1.807, 2.05) is 0 Å². The van der Waals surface area contributed by atoms with Gasteiger partial charge in [0.2, 0.25) is 0 Å². The van der Waals surface area contributed by atoms with Gasteiger partial charge in [-0.3, -0.25) is 10.1 Å². The third-order valence-electron chi connectivity index (χ3n) is 2.98. The summed E-state index contributed by atoms with van der Waals surface area (Å²) in [6, 6.07) is 3.20. The Balaban J connectivity index is 2.31. The van der Waals surface area contributed by atoms with E-state index in [-0.39, 0.29) is 15.4 Å². The van der Waals surface area contributed by atoms with Crippen LogP contribution < -0.4 is 9.47 Å². The molecule has 0 amide bonds. The standard InChI is InChI=1S/C13H16BrNO4/c1-2-3-10(14)6-9-7-12-13(19-5-4-18-12)8-11(9)15(16)17/h7-8,10H,2-6H2,1H3. The molecule has 1 aromatic rings. The summed E-state index contributed by atoms with van der Waals surface area (Å²) in [6.07, 6.45) is 2.63. The number of benzene rings is 1. The van der Waals surface area contributed by atoms with Crippen LogP contribution in [0.5, 0.6) is 11.5 Å². The van der Waals surface area contributed by atoms with E-state index in [9.17, 15) is 10.1 Å². The number of hydrogen-bond donors (Lipinski definition) is 0. The van der Waals surface area contributed by atoms with Gasteiger partial charge in [-0.1, -0.05) is 29.3 Å². The molecule has 1 aromatic carbocycles. The molecule has 0 N–H and O–H groups in total. The van der Waals surface area contributed by atoms with Crippen LogP contribution in [0.3, 0.4) is 0 Å². The van der Waals surface area contributed by atoms with Gasteiger partial charge in [-0.25, -0.2) is 0 Å². The van der Waals surface area contributed by atoms with Gasteiger partial charge in [0.05, 0.1) is 11.0 Å². The lowest BCUT2D eigenvalue weighted by atomic mass is 10.0. The van der Waals surface area contributed by atoms with E-state index in [1.54, 1.807) is 6.07 Å². The minimum atomic E-state index is -0.362. The maximum atomic E-state index is 11.1. The molecule has 1 heterocycles. The monoisotopic (exact) mass is 329 g/mol. The van der Waals surface area contributed by atoms with Gasteiger partial charge in [-0.2, -0.15) is 0 Å². The Morgan fingerprint density at radius 2 is 2.00 bits per heavy atom. The number of alkyl halides is 1. The smallest absolute Gasteiger partial charge is 0.276 e. The molecular formula is C13H16BrNO4. The molecule has 0 saturated carbocycles. The Bertz CT molecular complexity index is 478. The number of fused-ring (bicyclic) bond motifs is 1. The summed E-state index contributed by atoms with van der Waals surface area (Å²) in [4.78, 5) is 11.0. The number of halogens is 1. The van der Waals surface area contributed by atoms with Gasteiger partial charge in [0.1, 0.15) is 13.2 Å². The second-order valence-corrected chi connectivity index (χ2v) is 5.77. The van der Waals surface area contributed by atoms with Gasteiger partial charge in [-0.15, -0.1) is 0 Å². The summed E-state index contributed by atoms with van der Waals surface area (Å²) in [5.74, 6) is 1.06. The van der Waals surface area contributed by atoms with Crippen molar-refractivity contribution < 1.29 is 14.4 Å². The highest BCUT2D eigenvalue weighted by Crippen LogP contribution is 2.37. The van der Waals surface area contributed by atoms with Crippen LogP contribution >= 0.6 is 15.9 Å². The highest BCUT2D eigenvalue weighted by atomic mass is 79.9. The molecule has 0 aromatic heterocycles. The van der Waals surface area contributed by atoms with Gasteiger partial charge in [0.15, 0.2) is 11.5 Å². The number of hydrogen-bond acceptors (Lipinski definition) is 4. The molecule has 6 heteroatoms. The maximum absolute atomic E-state index is 11.1. The van der Waals surface area contributed by atoms with Crippen LogP contribution in [0.1, 0.15) is 25.3 Å². The molecule has 1 aliphatic heterocycles. The average Bonchev–Trinajstić information content (AvgIpc) is 2.38. The summed E-state index contributed by atoms with van der Waals surface area (Å²) in [6.45, 7) is 3.00. The summed E-state index contributed by atoms with van der Waals surface area (Å²) in [5, 5.41) is 11.1. The van der Waals surface area contributed by atoms with Gasteiger partial charge < -0.3 is 9.47 Å². The molecule has 0 saturated heterocycles. The van der Waals surface area contributed by atoms with Crippen molar-refractivity contribution in [2.45, 2.75) is 31.0 Å². The molecule has 1 unspecified atom stereocenters. The molecule has 0 aliphatic carbocycles. The van der Waals surface area contributed by atoms with E-state index in [1.165, 1.54) is 6.07 Å². The summed E-state index contributed by atoms with van der Waals surface area (Å²) >= 11 is 3.56. The minimum absolute atomic E-state index is 0.102. The lowest BCUT2D eigenvalue weighted by Gasteiger charge is -2.19. The molecule has 19 heavy (non-hydrogen) atoms. The fraction of sp³-hybridized carbons (Fsp3) is 0.538. The zero-order valence-corrected chi connectivity index (χ0v) is 12.3. The number of nitro groups is 1. The third kappa shape index (κ3) is 3.37. The van der Waals surface area contributed by atoms with E-state index in [0.717, 1.165) is 12.8 Å². The number of nitrogens with zero attached hydrogens (tertiary/aromatic N) is 1. The van der Waals surface area contributed by atoms with Crippen molar-refractivity contribution in [1.82, 2.24) is 0 Å². The van der Waals surface area contributed by atoms with Crippen molar-refractivity contribution in [1.29, 1.82) is 0 Å². The van der Waals surface area contributed by atoms with Crippen molar-refractivity contribution in [3.8, 4) is 11.5 Å². The Kier molecular flexibility index (Phi) is 4.63. The third-order valence-corrected chi connectivity index (χ3v) is 3.77. The van der Waals surface area contributed by atoms with Crippen LogP contribution in [0, 0.1) is 10.1 Å². The lowest BCUT2D eigenvalue weighted by Crippen LogP contribution is -2.16. The molecule has 0 bridgehead atoms. The predicted octanol–water partition coefficient (Wildman–Crippen LogP) is 3.47. The van der Waals surface area contributed by atoms with Gasteiger partial charge in [0.25, 0.3) is 5.69 Å². The van der Waals surface area contributed by atoms with Crippen LogP contribution in [-0.4, -0.2) is 23.0 Å². The summed E-state index contributed by atoms with van der Waals surface area (Å²) < 4.78 is 10.9. The fourth-order valence-corrected chi connectivity index (χ4v) is 2.91. The largest absolute Gasteiger partial charge is 0.486 e. The quantitative estimate of drug-likeness (QED) is 0.471. The Hall–Kier alpha value is -1.30. The second-order valence-electron chi connectivity index (χ2n) is 4.47. The first-order valence-electron chi connectivity index (χ1n) is 6.32. The molecule has 1 aliphatic rings. The molecule has 104 valence electrons. The normalized spacial score (nSPS) is 15.1. The molecule has 5 nitrogen and oxygen atoms in total. The van der Waals surface area contributed by atoms with E-state index in [4.69, 9.17) is 9.47 Å². The minimum Gasteiger partial charge on any atom is -0.486 e. The van der Waals surface area contributed by atoms with E-state index < -0.39 is 0 Å². The average molecular weight is 330 g/mol. The second kappa shape index (κ2) is 6.23. The van der Waals surface area contributed by atoms with E-state index in [2.05, 4.69) is 22.9 Å². The highest BCUT2D eigenvalue weighted by molar-refractivity contribution is 9.09. The highest BCUT2D eigenvalue weighted by Gasteiger charge is 2.23. The van der Waals surface area contributed by atoms with Crippen molar-refractivity contribution in [3.63, 3.8) is 0 Å². The predicted molar refractivity (Wildman–Crippen MR) is 75.4 cm³/mol. The van der Waals surface area contributed by atoms with Crippen LogP contribution in [0.2, 0.25) is 0 Å². The topological polar surface area (TPSA) is 61.6 Å². The van der Waals surface area contributed by atoms with E-state index >= 15 is 0 Å². The van der Waals surface area contributed by atoms with Gasteiger partial charge in [-0.05, 0) is 18.9 Å². The lowest BCUT2D eigenvalue weighted by molar-refractivity contribution is -0.385. The molecule has 0 fully saturated rings. The Labute approximate surface area is 120 Å². The SMILES string of the molecule is CCCC(Br)Cc1cc2c(cc1[N+](=O)[O-])OCCO2. The Morgan fingerprint density at radius 1 is 1.37 bits per heavy atom. The molecule has 0 radical (unpaired) electrons. The summed E-state index contributed by atoms with van der Waals surface area (Å²) in [7, 11) is 0. The molecular weight excluding hydrogens is 314 g/mol. The first kappa shape index (κ1) is 14.1. The molecule has 2 rings (SSSR count).